The standard InChI is InChI=1S/C11H18N2/c1-7(2)9-5-10(9)11-6-12-13(4)8(11)3/h6-7,9-10H,5H2,1-4H3. The van der Waals surface area contributed by atoms with Gasteiger partial charge in [0.05, 0.1) is 6.20 Å². The number of hydrogen-bond donors (Lipinski definition) is 0. The summed E-state index contributed by atoms with van der Waals surface area (Å²) in [5.41, 5.74) is 2.81. The highest BCUT2D eigenvalue weighted by molar-refractivity contribution is 5.27. The van der Waals surface area contributed by atoms with E-state index in [4.69, 9.17) is 0 Å². The first-order valence-corrected chi connectivity index (χ1v) is 5.09. The number of aromatic nitrogens is 2. The van der Waals surface area contributed by atoms with Crippen molar-refractivity contribution >= 4 is 0 Å². The van der Waals surface area contributed by atoms with Crippen LogP contribution in [0.2, 0.25) is 0 Å². The molecule has 0 radical (unpaired) electrons. The summed E-state index contributed by atoms with van der Waals surface area (Å²) in [7, 11) is 2.02. The fraction of sp³-hybridized carbons (Fsp3) is 0.727. The predicted molar refractivity (Wildman–Crippen MR) is 53.6 cm³/mol. The molecule has 2 nitrogen and oxygen atoms in total. The molecule has 0 spiro atoms. The van der Waals surface area contributed by atoms with E-state index in [0.29, 0.717) is 0 Å². The second kappa shape index (κ2) is 2.86. The van der Waals surface area contributed by atoms with Gasteiger partial charge in [-0.1, -0.05) is 13.8 Å². The molecule has 1 aliphatic rings. The molecule has 0 aliphatic heterocycles. The van der Waals surface area contributed by atoms with Gasteiger partial charge >= 0.3 is 0 Å². The van der Waals surface area contributed by atoms with Crippen molar-refractivity contribution in [2.75, 3.05) is 0 Å². The summed E-state index contributed by atoms with van der Waals surface area (Å²) < 4.78 is 1.98. The Balaban J connectivity index is 2.16. The van der Waals surface area contributed by atoms with Gasteiger partial charge in [0.2, 0.25) is 0 Å². The summed E-state index contributed by atoms with van der Waals surface area (Å²) in [5, 5.41) is 4.29. The molecule has 0 saturated heterocycles. The van der Waals surface area contributed by atoms with Gasteiger partial charge in [0.1, 0.15) is 0 Å². The van der Waals surface area contributed by atoms with E-state index < -0.39 is 0 Å². The molecule has 0 amide bonds. The minimum Gasteiger partial charge on any atom is -0.273 e. The molecule has 1 aromatic heterocycles. The van der Waals surface area contributed by atoms with Crippen molar-refractivity contribution in [2.45, 2.75) is 33.1 Å². The lowest BCUT2D eigenvalue weighted by Gasteiger charge is -2.02. The summed E-state index contributed by atoms with van der Waals surface area (Å²) in [6.07, 6.45) is 3.41. The van der Waals surface area contributed by atoms with Crippen LogP contribution < -0.4 is 0 Å². The Bertz CT molecular complexity index is 312. The Kier molecular flexibility index (Phi) is 1.94. The van der Waals surface area contributed by atoms with E-state index in [-0.39, 0.29) is 0 Å². The molecule has 0 aromatic carbocycles. The summed E-state index contributed by atoms with van der Waals surface area (Å²) >= 11 is 0. The third-order valence-corrected chi connectivity index (χ3v) is 3.37. The largest absolute Gasteiger partial charge is 0.273 e. The Morgan fingerprint density at radius 2 is 2.23 bits per heavy atom. The zero-order valence-electron chi connectivity index (χ0n) is 8.91. The molecule has 1 saturated carbocycles. The Morgan fingerprint density at radius 1 is 1.54 bits per heavy atom. The Labute approximate surface area is 80.0 Å². The normalized spacial score (nSPS) is 26.8. The predicted octanol–water partition coefficient (Wildman–Crippen LogP) is 2.49. The quantitative estimate of drug-likeness (QED) is 0.680. The average molecular weight is 178 g/mol. The Hall–Kier alpha value is -0.790. The van der Waals surface area contributed by atoms with Crippen LogP contribution in [0.5, 0.6) is 0 Å². The average Bonchev–Trinajstić information content (AvgIpc) is 2.78. The van der Waals surface area contributed by atoms with Crippen LogP contribution in [0.4, 0.5) is 0 Å². The van der Waals surface area contributed by atoms with Crippen LogP contribution >= 0.6 is 0 Å². The second-order valence-electron chi connectivity index (χ2n) is 4.56. The van der Waals surface area contributed by atoms with Crippen molar-refractivity contribution in [3.8, 4) is 0 Å². The van der Waals surface area contributed by atoms with Crippen LogP contribution in [-0.4, -0.2) is 9.78 Å². The summed E-state index contributed by atoms with van der Waals surface area (Å²) in [5.74, 6) is 2.53. The smallest absolute Gasteiger partial charge is 0.0527 e. The van der Waals surface area contributed by atoms with Crippen LogP contribution in [0.1, 0.15) is 37.4 Å². The minimum atomic E-state index is 0.800. The molecular weight excluding hydrogens is 160 g/mol. The molecule has 2 unspecified atom stereocenters. The highest BCUT2D eigenvalue weighted by atomic mass is 15.3. The van der Waals surface area contributed by atoms with Gasteiger partial charge < -0.3 is 0 Å². The monoisotopic (exact) mass is 178 g/mol. The van der Waals surface area contributed by atoms with Gasteiger partial charge in [-0.3, -0.25) is 4.68 Å². The molecule has 0 bridgehead atoms. The molecule has 72 valence electrons. The maximum atomic E-state index is 4.29. The van der Waals surface area contributed by atoms with Crippen molar-refractivity contribution in [3.63, 3.8) is 0 Å². The molecule has 1 heterocycles. The molecule has 2 atom stereocenters. The fourth-order valence-electron chi connectivity index (χ4n) is 2.19. The lowest BCUT2D eigenvalue weighted by Crippen LogP contribution is -1.95. The molecule has 1 aromatic rings. The summed E-state index contributed by atoms with van der Waals surface area (Å²) in [6.45, 7) is 6.80. The Morgan fingerprint density at radius 3 is 2.62 bits per heavy atom. The third-order valence-electron chi connectivity index (χ3n) is 3.37. The van der Waals surface area contributed by atoms with E-state index in [2.05, 4.69) is 25.9 Å². The highest BCUT2D eigenvalue weighted by Crippen LogP contribution is 2.52. The molecule has 13 heavy (non-hydrogen) atoms. The highest BCUT2D eigenvalue weighted by Gasteiger charge is 2.41. The lowest BCUT2D eigenvalue weighted by molar-refractivity contribution is 0.548. The van der Waals surface area contributed by atoms with Gasteiger partial charge in [-0.2, -0.15) is 5.10 Å². The summed E-state index contributed by atoms with van der Waals surface area (Å²) in [6, 6.07) is 0. The summed E-state index contributed by atoms with van der Waals surface area (Å²) in [4.78, 5) is 0. The van der Waals surface area contributed by atoms with Crippen LogP contribution in [0.15, 0.2) is 6.20 Å². The van der Waals surface area contributed by atoms with E-state index in [1.807, 2.05) is 17.9 Å². The number of nitrogens with zero attached hydrogens (tertiary/aromatic N) is 2. The first-order chi connectivity index (χ1) is 6.11. The fourth-order valence-corrected chi connectivity index (χ4v) is 2.19. The van der Waals surface area contributed by atoms with Gasteiger partial charge in [-0.15, -0.1) is 0 Å². The molecule has 0 N–H and O–H groups in total. The van der Waals surface area contributed by atoms with Crippen molar-refractivity contribution in [1.82, 2.24) is 9.78 Å². The van der Waals surface area contributed by atoms with Crippen molar-refractivity contribution in [1.29, 1.82) is 0 Å². The first kappa shape index (κ1) is 8.79. The van der Waals surface area contributed by atoms with Gasteiger partial charge in [-0.25, -0.2) is 0 Å². The molecule has 1 fully saturated rings. The zero-order valence-corrected chi connectivity index (χ0v) is 8.91. The SMILES string of the molecule is Cc1c(C2CC2C(C)C)cnn1C. The van der Waals surface area contributed by atoms with Gasteiger partial charge in [-0.05, 0) is 36.7 Å². The zero-order chi connectivity index (χ0) is 9.59. The van der Waals surface area contributed by atoms with Crippen molar-refractivity contribution in [3.05, 3.63) is 17.5 Å². The van der Waals surface area contributed by atoms with E-state index in [9.17, 15) is 0 Å². The molecular formula is C11H18N2. The maximum absolute atomic E-state index is 4.29. The van der Waals surface area contributed by atoms with Crippen molar-refractivity contribution in [2.24, 2.45) is 18.9 Å². The van der Waals surface area contributed by atoms with Crippen molar-refractivity contribution < 1.29 is 0 Å². The van der Waals surface area contributed by atoms with Crippen LogP contribution in [-0.2, 0) is 7.05 Å². The first-order valence-electron chi connectivity index (χ1n) is 5.09. The molecule has 2 rings (SSSR count). The number of rotatable bonds is 2. The van der Waals surface area contributed by atoms with Gasteiger partial charge in [0.15, 0.2) is 0 Å². The maximum Gasteiger partial charge on any atom is 0.0527 e. The lowest BCUT2D eigenvalue weighted by atomic mass is 10.0. The third kappa shape index (κ3) is 1.38. The van der Waals surface area contributed by atoms with Crippen LogP contribution in [0.25, 0.3) is 0 Å². The minimum absolute atomic E-state index is 0.800. The topological polar surface area (TPSA) is 17.8 Å². The van der Waals surface area contributed by atoms with Crippen LogP contribution in [0, 0.1) is 18.8 Å². The van der Waals surface area contributed by atoms with E-state index in [0.717, 1.165) is 17.8 Å². The van der Waals surface area contributed by atoms with Gasteiger partial charge in [0, 0.05) is 12.7 Å². The second-order valence-corrected chi connectivity index (χ2v) is 4.56. The van der Waals surface area contributed by atoms with E-state index >= 15 is 0 Å². The van der Waals surface area contributed by atoms with Crippen LogP contribution in [0.3, 0.4) is 0 Å². The van der Waals surface area contributed by atoms with Gasteiger partial charge in [0.25, 0.3) is 0 Å². The molecule has 2 heteroatoms. The van der Waals surface area contributed by atoms with E-state index in [1.54, 1.807) is 0 Å². The number of aryl methyl sites for hydroxylation is 1. The molecule has 1 aliphatic carbocycles. The number of hydrogen-bond acceptors (Lipinski definition) is 1. The van der Waals surface area contributed by atoms with E-state index in [1.165, 1.54) is 17.7 Å².